The fourth-order valence-corrected chi connectivity index (χ4v) is 3.20. The van der Waals surface area contributed by atoms with E-state index in [0.717, 1.165) is 29.5 Å². The van der Waals surface area contributed by atoms with E-state index in [0.29, 0.717) is 11.5 Å². The quantitative estimate of drug-likeness (QED) is 0.581. The number of aryl methyl sites for hydroxylation is 3. The molecular weight excluding hydrogens is 344 g/mol. The van der Waals surface area contributed by atoms with Crippen LogP contribution >= 0.6 is 0 Å². The normalized spacial score (nSPS) is 11.8. The van der Waals surface area contributed by atoms with Crippen LogP contribution in [0, 0.1) is 13.8 Å². The van der Waals surface area contributed by atoms with Gasteiger partial charge in [-0.15, -0.1) is 0 Å². The predicted molar refractivity (Wildman–Crippen MR) is 122 cm³/mol. The van der Waals surface area contributed by atoms with E-state index in [4.69, 9.17) is 0 Å². The standard InChI is InChI=1S/C15H24O.C11H16O/c1-10-8-11(14(2,3)4)13(16)12(9-10)15(5,6)7;1-3-4-5-10-8-9(2)6-7-11(10)12/h8-9,16H,1-7H3;6-8,12H,3-5H2,1-2H3. The lowest BCUT2D eigenvalue weighted by atomic mass is 9.78. The lowest BCUT2D eigenvalue weighted by molar-refractivity contribution is 0.423. The van der Waals surface area contributed by atoms with Crippen LogP contribution < -0.4 is 0 Å². The van der Waals surface area contributed by atoms with Crippen molar-refractivity contribution in [2.75, 3.05) is 0 Å². The number of unbranched alkanes of at least 4 members (excludes halogenated alkanes) is 1. The molecule has 0 heterocycles. The first-order valence-corrected chi connectivity index (χ1v) is 10.4. The smallest absolute Gasteiger partial charge is 0.123 e. The predicted octanol–water partition coefficient (Wildman–Crippen LogP) is 7.34. The zero-order chi connectivity index (χ0) is 21.7. The molecule has 0 aliphatic rings. The third-order valence-electron chi connectivity index (χ3n) is 4.90. The highest BCUT2D eigenvalue weighted by Crippen LogP contribution is 2.39. The monoisotopic (exact) mass is 384 g/mol. The summed E-state index contributed by atoms with van der Waals surface area (Å²) < 4.78 is 0. The maximum absolute atomic E-state index is 10.4. The van der Waals surface area contributed by atoms with Gasteiger partial charge in [-0.3, -0.25) is 0 Å². The molecule has 0 saturated carbocycles. The Balaban J connectivity index is 0.000000292. The Morgan fingerprint density at radius 3 is 1.68 bits per heavy atom. The zero-order valence-corrected chi connectivity index (χ0v) is 19.4. The van der Waals surface area contributed by atoms with E-state index in [9.17, 15) is 10.2 Å². The molecule has 0 saturated heterocycles. The average molecular weight is 385 g/mol. The van der Waals surface area contributed by atoms with Crippen molar-refractivity contribution in [3.63, 3.8) is 0 Å². The molecule has 2 aromatic rings. The number of phenolic OH excluding ortho intramolecular Hbond substituents is 2. The molecule has 0 fully saturated rings. The van der Waals surface area contributed by atoms with Gasteiger partial charge in [0.15, 0.2) is 0 Å². The zero-order valence-electron chi connectivity index (χ0n) is 19.4. The minimum absolute atomic E-state index is 0.0178. The number of hydrogen-bond acceptors (Lipinski definition) is 2. The summed E-state index contributed by atoms with van der Waals surface area (Å²) in [7, 11) is 0. The highest BCUT2D eigenvalue weighted by atomic mass is 16.3. The molecule has 156 valence electrons. The molecule has 2 nitrogen and oxygen atoms in total. The maximum Gasteiger partial charge on any atom is 0.123 e. The van der Waals surface area contributed by atoms with Crippen LogP contribution in [0.4, 0.5) is 0 Å². The van der Waals surface area contributed by atoms with Crippen molar-refractivity contribution in [1.82, 2.24) is 0 Å². The van der Waals surface area contributed by atoms with Crippen LogP contribution in [0.25, 0.3) is 0 Å². The Morgan fingerprint density at radius 2 is 1.25 bits per heavy atom. The van der Waals surface area contributed by atoms with Gasteiger partial charge in [0.1, 0.15) is 11.5 Å². The number of benzene rings is 2. The first-order chi connectivity index (χ1) is 12.8. The van der Waals surface area contributed by atoms with Gasteiger partial charge >= 0.3 is 0 Å². The topological polar surface area (TPSA) is 40.5 Å². The van der Waals surface area contributed by atoms with Gasteiger partial charge < -0.3 is 10.2 Å². The van der Waals surface area contributed by atoms with Crippen molar-refractivity contribution in [3.8, 4) is 11.5 Å². The van der Waals surface area contributed by atoms with E-state index in [2.05, 4.69) is 80.5 Å². The van der Waals surface area contributed by atoms with Crippen LogP contribution in [-0.4, -0.2) is 10.2 Å². The molecule has 0 atom stereocenters. The summed E-state index contributed by atoms with van der Waals surface area (Å²) in [4.78, 5) is 0. The molecule has 2 N–H and O–H groups in total. The minimum atomic E-state index is -0.0178. The van der Waals surface area contributed by atoms with E-state index in [1.165, 1.54) is 17.5 Å². The van der Waals surface area contributed by atoms with E-state index in [1.54, 1.807) is 6.07 Å². The van der Waals surface area contributed by atoms with Crippen LogP contribution in [0.2, 0.25) is 0 Å². The molecule has 0 aliphatic heterocycles. The largest absolute Gasteiger partial charge is 0.508 e. The summed E-state index contributed by atoms with van der Waals surface area (Å²) in [6, 6.07) is 9.95. The lowest BCUT2D eigenvalue weighted by Crippen LogP contribution is -2.17. The van der Waals surface area contributed by atoms with Gasteiger partial charge in [-0.1, -0.05) is 90.3 Å². The van der Waals surface area contributed by atoms with Gasteiger partial charge in [0.25, 0.3) is 0 Å². The summed E-state index contributed by atoms with van der Waals surface area (Å²) in [5, 5.41) is 19.8. The number of rotatable bonds is 3. The third-order valence-corrected chi connectivity index (χ3v) is 4.90. The molecule has 0 radical (unpaired) electrons. The van der Waals surface area contributed by atoms with E-state index in [-0.39, 0.29) is 10.8 Å². The molecular formula is C26H40O2. The van der Waals surface area contributed by atoms with Crippen LogP contribution in [-0.2, 0) is 17.3 Å². The fourth-order valence-electron chi connectivity index (χ4n) is 3.20. The lowest BCUT2D eigenvalue weighted by Gasteiger charge is -2.27. The summed E-state index contributed by atoms with van der Waals surface area (Å²) in [5.74, 6) is 0.902. The molecule has 0 unspecified atom stereocenters. The van der Waals surface area contributed by atoms with Crippen molar-refractivity contribution in [2.24, 2.45) is 0 Å². The Morgan fingerprint density at radius 1 is 0.750 bits per heavy atom. The summed E-state index contributed by atoms with van der Waals surface area (Å²) in [5.41, 5.74) is 5.56. The summed E-state index contributed by atoms with van der Waals surface area (Å²) >= 11 is 0. The van der Waals surface area contributed by atoms with Crippen molar-refractivity contribution in [1.29, 1.82) is 0 Å². The minimum Gasteiger partial charge on any atom is -0.508 e. The highest BCUT2D eigenvalue weighted by Gasteiger charge is 2.25. The van der Waals surface area contributed by atoms with Crippen molar-refractivity contribution < 1.29 is 10.2 Å². The highest BCUT2D eigenvalue weighted by molar-refractivity contribution is 5.49. The first-order valence-electron chi connectivity index (χ1n) is 10.4. The summed E-state index contributed by atoms with van der Waals surface area (Å²) in [6.45, 7) is 19.1. The van der Waals surface area contributed by atoms with E-state index < -0.39 is 0 Å². The SMILES string of the molecule is CCCCc1cc(C)ccc1O.Cc1cc(C(C)(C)C)c(O)c(C(C)(C)C)c1. The Hall–Kier alpha value is -1.96. The van der Waals surface area contributed by atoms with Gasteiger partial charge in [-0.05, 0) is 60.3 Å². The number of phenols is 2. The van der Waals surface area contributed by atoms with Gasteiger partial charge in [0, 0.05) is 0 Å². The Bertz CT molecular complexity index is 739. The summed E-state index contributed by atoms with van der Waals surface area (Å²) in [6.07, 6.45) is 3.31. The third kappa shape index (κ3) is 6.89. The molecule has 2 heteroatoms. The van der Waals surface area contributed by atoms with Gasteiger partial charge in [-0.2, -0.15) is 0 Å². The molecule has 2 aromatic carbocycles. The molecule has 0 bridgehead atoms. The van der Waals surface area contributed by atoms with Crippen LogP contribution in [0.15, 0.2) is 30.3 Å². The Kier molecular flexibility index (Phi) is 8.16. The Labute approximate surface area is 172 Å². The van der Waals surface area contributed by atoms with Gasteiger partial charge in [-0.25, -0.2) is 0 Å². The second-order valence-electron chi connectivity index (χ2n) is 9.94. The molecule has 28 heavy (non-hydrogen) atoms. The number of aromatic hydroxyl groups is 2. The molecule has 0 spiro atoms. The van der Waals surface area contributed by atoms with Crippen molar-refractivity contribution in [3.05, 3.63) is 58.1 Å². The van der Waals surface area contributed by atoms with Gasteiger partial charge in [0.05, 0.1) is 0 Å². The second-order valence-corrected chi connectivity index (χ2v) is 9.94. The molecule has 0 amide bonds. The molecule has 2 rings (SSSR count). The van der Waals surface area contributed by atoms with Crippen LogP contribution in [0.3, 0.4) is 0 Å². The van der Waals surface area contributed by atoms with Crippen LogP contribution in [0.1, 0.15) is 89.1 Å². The van der Waals surface area contributed by atoms with Crippen LogP contribution in [0.5, 0.6) is 11.5 Å². The van der Waals surface area contributed by atoms with Gasteiger partial charge in [0.2, 0.25) is 0 Å². The number of hydrogen-bond donors (Lipinski definition) is 2. The second kappa shape index (κ2) is 9.49. The van der Waals surface area contributed by atoms with Crippen molar-refractivity contribution in [2.45, 2.75) is 92.4 Å². The maximum atomic E-state index is 10.4. The average Bonchev–Trinajstić information content (AvgIpc) is 2.56. The fraction of sp³-hybridized carbons (Fsp3) is 0.538. The molecule has 0 aromatic heterocycles. The van der Waals surface area contributed by atoms with E-state index in [1.807, 2.05) is 6.07 Å². The van der Waals surface area contributed by atoms with E-state index >= 15 is 0 Å². The molecule has 0 aliphatic carbocycles. The van der Waals surface area contributed by atoms with Crippen molar-refractivity contribution >= 4 is 0 Å². The first kappa shape index (κ1) is 24.1.